The highest BCUT2D eigenvalue weighted by atomic mass is 32.2. The number of aliphatic carboxylic acids is 1. The minimum absolute atomic E-state index is 0.139. The number of amides is 1. The lowest BCUT2D eigenvalue weighted by atomic mass is 9.76. The summed E-state index contributed by atoms with van der Waals surface area (Å²) < 4.78 is 39.2. The molecule has 42 heavy (non-hydrogen) atoms. The second-order valence-corrected chi connectivity index (χ2v) is 13.5. The fraction of sp³-hybridized carbons (Fsp3) is 0.516. The minimum Gasteiger partial charge on any atom is -0.481 e. The van der Waals surface area contributed by atoms with Crippen LogP contribution in [0.25, 0.3) is 16.7 Å². The zero-order valence-corrected chi connectivity index (χ0v) is 25.3. The molecule has 226 valence electrons. The summed E-state index contributed by atoms with van der Waals surface area (Å²) in [7, 11) is -2.15. The van der Waals surface area contributed by atoms with Crippen LogP contribution in [0.3, 0.4) is 0 Å². The molecule has 2 N–H and O–H groups in total. The smallest absolute Gasteiger partial charge is 0.309 e. The Hall–Kier alpha value is -3.44. The van der Waals surface area contributed by atoms with Crippen molar-refractivity contribution in [1.29, 1.82) is 0 Å². The molecule has 1 saturated carbocycles. The molecule has 0 aromatic carbocycles. The molecule has 11 heteroatoms. The predicted octanol–water partition coefficient (Wildman–Crippen LogP) is 5.17. The average Bonchev–Trinajstić information content (AvgIpc) is 3.76. The number of sulfonamides is 1. The van der Waals surface area contributed by atoms with Gasteiger partial charge in [-0.2, -0.15) is 4.98 Å². The van der Waals surface area contributed by atoms with Crippen LogP contribution in [-0.4, -0.2) is 63.4 Å². The van der Waals surface area contributed by atoms with E-state index in [1.54, 1.807) is 7.05 Å². The number of carboxylic acids is 1. The minimum atomic E-state index is -3.72. The third-order valence-corrected chi connectivity index (χ3v) is 9.68. The van der Waals surface area contributed by atoms with E-state index in [2.05, 4.69) is 5.32 Å². The summed E-state index contributed by atoms with van der Waals surface area (Å²) in [6.45, 7) is 3.00. The van der Waals surface area contributed by atoms with Gasteiger partial charge in [-0.05, 0) is 75.0 Å². The molecule has 0 unspecified atom stereocenters. The Labute approximate surface area is 246 Å². The average molecular weight is 598 g/mol. The third kappa shape index (κ3) is 6.17. The highest BCUT2D eigenvalue weighted by molar-refractivity contribution is 7.92. The van der Waals surface area contributed by atoms with Crippen molar-refractivity contribution in [2.75, 3.05) is 37.4 Å². The fourth-order valence-corrected chi connectivity index (χ4v) is 6.80. The topological polar surface area (TPSA) is 139 Å². The summed E-state index contributed by atoms with van der Waals surface area (Å²) in [5, 5.41) is 13.2. The van der Waals surface area contributed by atoms with Crippen LogP contribution in [0.1, 0.15) is 85.9 Å². The maximum Gasteiger partial charge on any atom is 0.309 e. The normalized spacial score (nSPS) is 18.7. The third-order valence-electron chi connectivity index (χ3n) is 8.53. The van der Waals surface area contributed by atoms with E-state index in [-0.39, 0.29) is 24.1 Å². The van der Waals surface area contributed by atoms with Gasteiger partial charge >= 0.3 is 5.97 Å². The monoisotopic (exact) mass is 597 g/mol. The number of allylic oxidation sites excluding steroid dienone is 6. The molecule has 1 amide bonds. The first-order valence-corrected chi connectivity index (χ1v) is 16.4. The summed E-state index contributed by atoms with van der Waals surface area (Å²) in [5.74, 6) is -0.233. The van der Waals surface area contributed by atoms with Gasteiger partial charge in [-0.1, -0.05) is 36.3 Å². The van der Waals surface area contributed by atoms with E-state index in [9.17, 15) is 23.1 Å². The second kappa shape index (κ2) is 12.0. The lowest BCUT2D eigenvalue weighted by molar-refractivity contribution is -0.155. The number of rotatable bonds is 11. The van der Waals surface area contributed by atoms with Crippen LogP contribution in [0.5, 0.6) is 0 Å². The number of carbonyl (C=O) groups is 2. The molecule has 10 nitrogen and oxygen atoms in total. The van der Waals surface area contributed by atoms with E-state index in [1.807, 2.05) is 37.3 Å². The Kier molecular flexibility index (Phi) is 8.61. The molecule has 0 radical (unpaired) electrons. The molecular weight excluding hydrogens is 558 g/mol. The number of nitrogens with zero attached hydrogens (tertiary/aromatic N) is 2. The molecule has 0 bridgehead atoms. The summed E-state index contributed by atoms with van der Waals surface area (Å²) in [6.07, 6.45) is 13.9. The van der Waals surface area contributed by atoms with Crippen molar-refractivity contribution in [3.05, 3.63) is 52.8 Å². The number of ether oxygens (including phenoxy) is 1. The lowest BCUT2D eigenvalue weighted by Crippen LogP contribution is -2.37. The maximum absolute atomic E-state index is 13.1. The van der Waals surface area contributed by atoms with Gasteiger partial charge in [-0.15, -0.1) is 0 Å². The van der Waals surface area contributed by atoms with E-state index < -0.39 is 21.4 Å². The quantitative estimate of drug-likeness (QED) is 0.338. The first-order chi connectivity index (χ1) is 20.0. The molecule has 3 heterocycles. The Morgan fingerprint density at radius 3 is 2.57 bits per heavy atom. The van der Waals surface area contributed by atoms with E-state index in [0.717, 1.165) is 35.8 Å². The van der Waals surface area contributed by atoms with Crippen molar-refractivity contribution >= 4 is 44.4 Å². The van der Waals surface area contributed by atoms with Crippen molar-refractivity contribution in [3.63, 3.8) is 0 Å². The van der Waals surface area contributed by atoms with Gasteiger partial charge in [0.2, 0.25) is 15.7 Å². The molecule has 2 aromatic heterocycles. The number of fused-ring (bicyclic) bond motifs is 1. The molecule has 1 saturated heterocycles. The highest BCUT2D eigenvalue weighted by Gasteiger charge is 2.40. The van der Waals surface area contributed by atoms with Crippen molar-refractivity contribution in [2.24, 2.45) is 5.41 Å². The summed E-state index contributed by atoms with van der Waals surface area (Å²) in [5.41, 5.74) is 2.45. The number of carboxylic acid groups (broad SMARTS) is 1. The number of nitrogens with one attached hydrogen (secondary N) is 1. The number of aromatic nitrogens is 1. The summed E-state index contributed by atoms with van der Waals surface area (Å²) in [6, 6.07) is 1.88. The molecular formula is C31H39N3O7S. The van der Waals surface area contributed by atoms with Gasteiger partial charge in [0.05, 0.1) is 22.6 Å². The van der Waals surface area contributed by atoms with Crippen LogP contribution < -0.4 is 9.62 Å². The number of furan rings is 1. The van der Waals surface area contributed by atoms with Crippen LogP contribution in [0.2, 0.25) is 0 Å². The van der Waals surface area contributed by atoms with Gasteiger partial charge in [0, 0.05) is 26.8 Å². The molecule has 5 rings (SSSR count). The number of unbranched alkanes of at least 4 members (excludes halogenated alkanes) is 1. The lowest BCUT2D eigenvalue weighted by Gasteiger charge is -2.33. The van der Waals surface area contributed by atoms with E-state index in [4.69, 9.17) is 14.1 Å². The predicted molar refractivity (Wildman–Crippen MR) is 161 cm³/mol. The van der Waals surface area contributed by atoms with Crippen LogP contribution in [0.15, 0.2) is 40.4 Å². The van der Waals surface area contributed by atoms with E-state index >= 15 is 0 Å². The number of pyridine rings is 1. The van der Waals surface area contributed by atoms with Gasteiger partial charge in [0.1, 0.15) is 11.6 Å². The Bertz CT molecular complexity index is 1570. The van der Waals surface area contributed by atoms with Crippen LogP contribution >= 0.6 is 0 Å². The van der Waals surface area contributed by atoms with E-state index in [1.165, 1.54) is 4.31 Å². The molecule has 3 aliphatic rings. The van der Waals surface area contributed by atoms with Crippen molar-refractivity contribution in [3.8, 4) is 0 Å². The molecule has 2 aromatic rings. The first kappa shape index (κ1) is 30.0. The van der Waals surface area contributed by atoms with Gasteiger partial charge in [0.15, 0.2) is 0 Å². The Morgan fingerprint density at radius 2 is 1.93 bits per heavy atom. The molecule has 0 spiro atoms. The van der Waals surface area contributed by atoms with Crippen LogP contribution in [0, 0.1) is 5.41 Å². The van der Waals surface area contributed by atoms with Crippen molar-refractivity contribution in [1.82, 2.24) is 10.3 Å². The molecule has 2 fully saturated rings. The summed E-state index contributed by atoms with van der Waals surface area (Å²) >= 11 is 0. The SMILES string of the molecule is CNC(=O)c1c(C2=CC=C(C)C=CC2)oc2nc(N(CCCCC3(C(=O)O)CCOCC3)S(C)(=O)=O)c(C3CC3)cc12. The number of hydrogen-bond acceptors (Lipinski definition) is 7. The highest BCUT2D eigenvalue weighted by Crippen LogP contribution is 2.47. The Balaban J connectivity index is 1.51. The first-order valence-electron chi connectivity index (χ1n) is 14.6. The molecule has 2 aliphatic carbocycles. The number of hydrogen-bond donors (Lipinski definition) is 2. The van der Waals surface area contributed by atoms with Gasteiger partial charge < -0.3 is 19.6 Å². The largest absolute Gasteiger partial charge is 0.481 e. The summed E-state index contributed by atoms with van der Waals surface area (Å²) in [4.78, 5) is 30.0. The zero-order valence-electron chi connectivity index (χ0n) is 24.4. The van der Waals surface area contributed by atoms with Gasteiger partial charge in [0.25, 0.3) is 5.91 Å². The number of carbonyl (C=O) groups excluding carboxylic acids is 1. The van der Waals surface area contributed by atoms with Crippen LogP contribution in [0.4, 0.5) is 5.82 Å². The van der Waals surface area contributed by atoms with Gasteiger partial charge in [-0.25, -0.2) is 8.42 Å². The van der Waals surface area contributed by atoms with Crippen molar-refractivity contribution < 1.29 is 32.3 Å². The van der Waals surface area contributed by atoms with Crippen molar-refractivity contribution in [2.45, 2.75) is 64.2 Å². The molecule has 0 atom stereocenters. The van der Waals surface area contributed by atoms with Gasteiger partial charge in [-0.3, -0.25) is 13.9 Å². The van der Waals surface area contributed by atoms with Crippen LogP contribution in [-0.2, 0) is 19.6 Å². The zero-order chi connectivity index (χ0) is 30.1. The second-order valence-electron chi connectivity index (χ2n) is 11.6. The molecule has 1 aliphatic heterocycles. The fourth-order valence-electron chi connectivity index (χ4n) is 5.88. The maximum atomic E-state index is 13.1. The number of anilines is 1. The Morgan fingerprint density at radius 1 is 1.19 bits per heavy atom. The van der Waals surface area contributed by atoms with E-state index in [0.29, 0.717) is 74.3 Å². The standard InChI is InChI=1S/C31H39N3O7S/c1-20-7-6-8-22(10-9-20)26-25(28(35)32-2)24-19-23(21-11-12-21)27(33-29(24)41-26)34(42(3,38)39)16-5-4-13-31(30(36)37)14-17-40-18-15-31/h6-7,9-10,19,21H,4-5,8,11-18H2,1-3H3,(H,32,35)(H,36,37).